The van der Waals surface area contributed by atoms with Crippen LogP contribution in [0.4, 0.5) is 0 Å². The molecule has 1 heterocycles. The van der Waals surface area contributed by atoms with Gasteiger partial charge < -0.3 is 10.6 Å². The Morgan fingerprint density at radius 3 is 2.45 bits per heavy atom. The van der Waals surface area contributed by atoms with E-state index in [0.29, 0.717) is 4.99 Å². The minimum Gasteiger partial charge on any atom is -0.369 e. The third-order valence-electron chi connectivity index (χ3n) is 1.78. The third-order valence-corrected chi connectivity index (χ3v) is 2.19. The molecule has 4 heteroatoms. The predicted octanol–water partition coefficient (Wildman–Crippen LogP) is 0.285. The maximum Gasteiger partial charge on any atom is 0.224 e. The Morgan fingerprint density at radius 2 is 2.00 bits per heavy atom. The number of thiocarbonyl (C=S) groups is 1. The number of amides is 1. The number of hydrogen-bond donors (Lipinski definition) is 1. The Kier molecular flexibility index (Phi) is 2.82. The van der Waals surface area contributed by atoms with E-state index in [-0.39, 0.29) is 12.3 Å². The minimum atomic E-state index is -0.332. The van der Waals surface area contributed by atoms with Crippen LogP contribution in [0.2, 0.25) is 0 Å². The lowest BCUT2D eigenvalue weighted by Gasteiger charge is -2.16. The molecule has 0 spiro atoms. The molecule has 62 valence electrons. The van der Waals surface area contributed by atoms with Gasteiger partial charge >= 0.3 is 0 Å². The molecule has 0 aliphatic carbocycles. The zero-order valence-corrected chi connectivity index (χ0v) is 7.19. The van der Waals surface area contributed by atoms with Crippen LogP contribution in [0.3, 0.4) is 0 Å². The number of rotatable bonds is 2. The molecule has 3 nitrogen and oxygen atoms in total. The summed E-state index contributed by atoms with van der Waals surface area (Å²) < 4.78 is 0. The summed E-state index contributed by atoms with van der Waals surface area (Å²) >= 11 is 5.02. The Bertz CT molecular complexity index is 175. The summed E-state index contributed by atoms with van der Waals surface area (Å²) in [6.07, 6.45) is 2.59. The summed E-state index contributed by atoms with van der Waals surface area (Å²) in [5.74, 6) is -0.332. The van der Waals surface area contributed by atoms with Crippen LogP contribution >= 0.6 is 12.2 Å². The van der Waals surface area contributed by atoms with Crippen LogP contribution in [-0.4, -0.2) is 28.9 Å². The number of nitrogens with zero attached hydrogens (tertiary/aromatic N) is 1. The summed E-state index contributed by atoms with van der Waals surface area (Å²) in [5.41, 5.74) is 5.01. The zero-order valence-electron chi connectivity index (χ0n) is 6.38. The first-order valence-corrected chi connectivity index (χ1v) is 4.17. The molecule has 0 aromatic heterocycles. The first-order valence-electron chi connectivity index (χ1n) is 3.76. The Morgan fingerprint density at radius 1 is 1.45 bits per heavy atom. The molecule has 0 saturated carbocycles. The fourth-order valence-corrected chi connectivity index (χ4v) is 1.55. The molecule has 11 heavy (non-hydrogen) atoms. The van der Waals surface area contributed by atoms with Gasteiger partial charge in [-0.15, -0.1) is 0 Å². The Balaban J connectivity index is 2.34. The van der Waals surface area contributed by atoms with Crippen molar-refractivity contribution in [3.05, 3.63) is 0 Å². The van der Waals surface area contributed by atoms with Crippen molar-refractivity contribution >= 4 is 23.1 Å². The summed E-state index contributed by atoms with van der Waals surface area (Å²) in [6, 6.07) is 0. The zero-order chi connectivity index (χ0) is 8.27. The molecule has 1 fully saturated rings. The van der Waals surface area contributed by atoms with Crippen molar-refractivity contribution < 1.29 is 4.79 Å². The maximum atomic E-state index is 10.5. The molecule has 2 N–H and O–H groups in total. The van der Waals surface area contributed by atoms with Gasteiger partial charge in [-0.2, -0.15) is 0 Å². The van der Waals surface area contributed by atoms with Gasteiger partial charge in [-0.25, -0.2) is 0 Å². The van der Waals surface area contributed by atoms with Gasteiger partial charge in [0.2, 0.25) is 5.91 Å². The van der Waals surface area contributed by atoms with Crippen LogP contribution in [0.25, 0.3) is 0 Å². The number of nitrogens with two attached hydrogens (primary N) is 1. The molecule has 0 radical (unpaired) electrons. The fourth-order valence-electron chi connectivity index (χ4n) is 1.23. The lowest BCUT2D eigenvalue weighted by molar-refractivity contribution is -0.116. The molecule has 0 bridgehead atoms. The third kappa shape index (κ3) is 2.46. The predicted molar refractivity (Wildman–Crippen MR) is 47.2 cm³/mol. The second-order valence-electron chi connectivity index (χ2n) is 2.73. The summed E-state index contributed by atoms with van der Waals surface area (Å²) in [5, 5.41) is 0. The van der Waals surface area contributed by atoms with E-state index in [2.05, 4.69) is 4.90 Å². The lowest BCUT2D eigenvalue weighted by atomic mass is 10.4. The molecule has 0 aromatic rings. The van der Waals surface area contributed by atoms with Gasteiger partial charge in [0.25, 0.3) is 0 Å². The highest BCUT2D eigenvalue weighted by atomic mass is 32.1. The van der Waals surface area contributed by atoms with Crippen LogP contribution in [0.15, 0.2) is 0 Å². The highest BCUT2D eigenvalue weighted by molar-refractivity contribution is 7.80. The summed E-state index contributed by atoms with van der Waals surface area (Å²) in [6.45, 7) is 1.98. The van der Waals surface area contributed by atoms with Crippen molar-refractivity contribution in [2.75, 3.05) is 13.1 Å². The molecule has 0 aromatic carbocycles. The van der Waals surface area contributed by atoms with E-state index in [9.17, 15) is 4.79 Å². The van der Waals surface area contributed by atoms with Gasteiger partial charge in [-0.1, -0.05) is 12.2 Å². The summed E-state index contributed by atoms with van der Waals surface area (Å²) in [7, 11) is 0. The van der Waals surface area contributed by atoms with Crippen molar-refractivity contribution in [2.45, 2.75) is 19.3 Å². The minimum absolute atomic E-state index is 0.231. The quantitative estimate of drug-likeness (QED) is 0.609. The van der Waals surface area contributed by atoms with E-state index in [1.54, 1.807) is 0 Å². The monoisotopic (exact) mass is 172 g/mol. The number of carbonyl (C=O) groups is 1. The Labute approximate surface area is 71.5 Å². The van der Waals surface area contributed by atoms with Gasteiger partial charge in [0.15, 0.2) is 0 Å². The number of carbonyl (C=O) groups excluding carboxylic acids is 1. The average molecular weight is 172 g/mol. The van der Waals surface area contributed by atoms with Gasteiger partial charge in [0.1, 0.15) is 0 Å². The van der Waals surface area contributed by atoms with E-state index in [4.69, 9.17) is 18.0 Å². The van der Waals surface area contributed by atoms with Gasteiger partial charge in [-0.3, -0.25) is 4.79 Å². The summed E-state index contributed by atoms with van der Waals surface area (Å²) in [4.78, 5) is 13.2. The van der Waals surface area contributed by atoms with Crippen molar-refractivity contribution in [3.8, 4) is 0 Å². The van der Waals surface area contributed by atoms with E-state index in [1.807, 2.05) is 0 Å². The van der Waals surface area contributed by atoms with Gasteiger partial charge in [0, 0.05) is 13.1 Å². The molecule has 0 atom stereocenters. The van der Waals surface area contributed by atoms with Gasteiger partial charge in [-0.05, 0) is 12.8 Å². The standard InChI is InChI=1S/C7H12N2OS/c8-6(10)5-7(11)9-3-1-2-4-9/h1-5H2,(H2,8,10). The average Bonchev–Trinajstić information content (AvgIpc) is 2.35. The molecule has 1 saturated heterocycles. The van der Waals surface area contributed by atoms with Crippen LogP contribution < -0.4 is 5.73 Å². The van der Waals surface area contributed by atoms with E-state index in [0.717, 1.165) is 13.1 Å². The molecule has 1 rings (SSSR count). The first kappa shape index (κ1) is 8.46. The molecular weight excluding hydrogens is 160 g/mol. The smallest absolute Gasteiger partial charge is 0.224 e. The highest BCUT2D eigenvalue weighted by Gasteiger charge is 2.15. The fraction of sp³-hybridized carbons (Fsp3) is 0.714. The first-order chi connectivity index (χ1) is 5.20. The van der Waals surface area contributed by atoms with Crippen LogP contribution in [0.5, 0.6) is 0 Å². The number of likely N-dealkylation sites (tertiary alicyclic amines) is 1. The molecule has 1 aliphatic rings. The molecule has 1 aliphatic heterocycles. The van der Waals surface area contributed by atoms with E-state index >= 15 is 0 Å². The van der Waals surface area contributed by atoms with Gasteiger partial charge in [0.05, 0.1) is 11.4 Å². The lowest BCUT2D eigenvalue weighted by Crippen LogP contribution is -2.29. The van der Waals surface area contributed by atoms with E-state index < -0.39 is 0 Å². The SMILES string of the molecule is NC(=O)CC(=S)N1CCCC1. The van der Waals surface area contributed by atoms with Crippen LogP contribution in [0.1, 0.15) is 19.3 Å². The van der Waals surface area contributed by atoms with Crippen molar-refractivity contribution in [3.63, 3.8) is 0 Å². The van der Waals surface area contributed by atoms with Crippen LogP contribution in [-0.2, 0) is 4.79 Å². The van der Waals surface area contributed by atoms with Crippen molar-refractivity contribution in [1.29, 1.82) is 0 Å². The highest BCUT2D eigenvalue weighted by Crippen LogP contribution is 2.09. The largest absolute Gasteiger partial charge is 0.369 e. The maximum absolute atomic E-state index is 10.5. The van der Waals surface area contributed by atoms with E-state index in [1.165, 1.54) is 12.8 Å². The molecule has 0 unspecified atom stereocenters. The van der Waals surface area contributed by atoms with Crippen molar-refractivity contribution in [2.24, 2.45) is 5.73 Å². The second kappa shape index (κ2) is 3.67. The number of primary amides is 1. The van der Waals surface area contributed by atoms with Crippen molar-refractivity contribution in [1.82, 2.24) is 4.90 Å². The van der Waals surface area contributed by atoms with Crippen LogP contribution in [0, 0.1) is 0 Å². The molecular formula is C7H12N2OS. The normalized spacial score (nSPS) is 16.9. The second-order valence-corrected chi connectivity index (χ2v) is 3.20. The topological polar surface area (TPSA) is 46.3 Å². The molecule has 1 amide bonds. The Hall–Kier alpha value is -0.640. The number of hydrogen-bond acceptors (Lipinski definition) is 2.